The molecule has 0 spiro atoms. The lowest BCUT2D eigenvalue weighted by Gasteiger charge is -2.31. The lowest BCUT2D eigenvalue weighted by molar-refractivity contribution is -0.128. The molecule has 1 atom stereocenters. The Hall–Kier alpha value is -2.09. The predicted octanol–water partition coefficient (Wildman–Crippen LogP) is 2.35. The second-order valence-corrected chi connectivity index (χ2v) is 9.50. The van der Waals surface area contributed by atoms with Gasteiger partial charge >= 0.3 is 6.09 Å². The summed E-state index contributed by atoms with van der Waals surface area (Å²) in [4.78, 5) is 38.4. The number of ether oxygens (including phenoxy) is 1. The van der Waals surface area contributed by atoms with Crippen LogP contribution < -0.4 is 16.0 Å². The fourth-order valence-corrected chi connectivity index (χ4v) is 3.98. The summed E-state index contributed by atoms with van der Waals surface area (Å²) in [6.45, 7) is 8.52. The van der Waals surface area contributed by atoms with Gasteiger partial charge in [0.05, 0.1) is 12.5 Å². The summed E-state index contributed by atoms with van der Waals surface area (Å²) in [5.41, 5.74) is 0.917. The number of carbonyl (C=O) groups is 3. The van der Waals surface area contributed by atoms with Gasteiger partial charge in [0.1, 0.15) is 5.60 Å². The van der Waals surface area contributed by atoms with Crippen LogP contribution in [-0.2, 0) is 14.3 Å². The molecule has 0 radical (unpaired) electrons. The molecule has 0 saturated carbocycles. The molecule has 1 saturated heterocycles. The topological polar surface area (TPSA) is 99.8 Å². The van der Waals surface area contributed by atoms with E-state index >= 15 is 0 Å². The summed E-state index contributed by atoms with van der Waals surface area (Å²) < 4.78 is 5.16. The Morgan fingerprint density at radius 2 is 1.84 bits per heavy atom. The SMILES string of the molecule is CC(C)(C)OC(=O)NCCNC(=O)C1CCCN(CC(=O)NCCC2=CCCCC2)C1. The van der Waals surface area contributed by atoms with Gasteiger partial charge in [0, 0.05) is 26.2 Å². The first-order valence-corrected chi connectivity index (χ1v) is 11.6. The Labute approximate surface area is 186 Å². The van der Waals surface area contributed by atoms with Crippen LogP contribution >= 0.6 is 0 Å². The van der Waals surface area contributed by atoms with E-state index < -0.39 is 11.7 Å². The van der Waals surface area contributed by atoms with E-state index in [0.29, 0.717) is 32.7 Å². The van der Waals surface area contributed by atoms with Gasteiger partial charge in [-0.25, -0.2) is 4.79 Å². The fraction of sp³-hybridized carbons (Fsp3) is 0.783. The van der Waals surface area contributed by atoms with Crippen LogP contribution in [0, 0.1) is 5.92 Å². The zero-order chi connectivity index (χ0) is 22.7. The molecule has 176 valence electrons. The third-order valence-electron chi connectivity index (χ3n) is 5.49. The zero-order valence-electron chi connectivity index (χ0n) is 19.4. The van der Waals surface area contributed by atoms with E-state index in [9.17, 15) is 14.4 Å². The van der Waals surface area contributed by atoms with Crippen LogP contribution in [0.3, 0.4) is 0 Å². The van der Waals surface area contributed by atoms with Crippen molar-refractivity contribution in [2.45, 2.75) is 71.3 Å². The zero-order valence-corrected chi connectivity index (χ0v) is 19.4. The monoisotopic (exact) mass is 436 g/mol. The van der Waals surface area contributed by atoms with Crippen LogP contribution in [0.1, 0.15) is 65.7 Å². The van der Waals surface area contributed by atoms with E-state index in [1.54, 1.807) is 20.8 Å². The highest BCUT2D eigenvalue weighted by molar-refractivity contribution is 5.80. The van der Waals surface area contributed by atoms with Crippen LogP contribution in [-0.4, -0.2) is 67.7 Å². The van der Waals surface area contributed by atoms with Gasteiger partial charge < -0.3 is 20.7 Å². The highest BCUT2D eigenvalue weighted by Gasteiger charge is 2.26. The summed E-state index contributed by atoms with van der Waals surface area (Å²) >= 11 is 0. The smallest absolute Gasteiger partial charge is 0.407 e. The van der Waals surface area contributed by atoms with Crippen molar-refractivity contribution in [2.75, 3.05) is 39.3 Å². The average Bonchev–Trinajstić information content (AvgIpc) is 2.71. The first-order chi connectivity index (χ1) is 14.7. The highest BCUT2D eigenvalue weighted by Crippen LogP contribution is 2.19. The molecule has 2 rings (SSSR count). The van der Waals surface area contributed by atoms with Gasteiger partial charge in [-0.05, 0) is 72.3 Å². The Morgan fingerprint density at radius 3 is 2.55 bits per heavy atom. The van der Waals surface area contributed by atoms with Crippen LogP contribution in [0.4, 0.5) is 4.79 Å². The molecule has 8 heteroatoms. The summed E-state index contributed by atoms with van der Waals surface area (Å²) in [6.07, 6.45) is 9.33. The van der Waals surface area contributed by atoms with Crippen molar-refractivity contribution >= 4 is 17.9 Å². The maximum Gasteiger partial charge on any atom is 0.407 e. The number of amides is 3. The molecule has 0 bridgehead atoms. The number of hydrogen-bond acceptors (Lipinski definition) is 5. The van der Waals surface area contributed by atoms with Crippen molar-refractivity contribution in [3.05, 3.63) is 11.6 Å². The molecule has 0 aromatic carbocycles. The molecule has 1 unspecified atom stereocenters. The molecule has 1 heterocycles. The van der Waals surface area contributed by atoms with Gasteiger partial charge in [-0.15, -0.1) is 0 Å². The van der Waals surface area contributed by atoms with Gasteiger partial charge in [0.2, 0.25) is 11.8 Å². The minimum absolute atomic E-state index is 0.0269. The van der Waals surface area contributed by atoms with E-state index in [2.05, 4.69) is 26.9 Å². The predicted molar refractivity (Wildman–Crippen MR) is 121 cm³/mol. The third kappa shape index (κ3) is 10.7. The van der Waals surface area contributed by atoms with Crippen LogP contribution in [0.25, 0.3) is 0 Å². The summed E-state index contributed by atoms with van der Waals surface area (Å²) in [5.74, 6) is -0.130. The molecule has 2 aliphatic rings. The average molecular weight is 437 g/mol. The second kappa shape index (κ2) is 12.7. The van der Waals surface area contributed by atoms with Gasteiger partial charge in [-0.3, -0.25) is 14.5 Å². The van der Waals surface area contributed by atoms with Gasteiger partial charge in [-0.1, -0.05) is 11.6 Å². The van der Waals surface area contributed by atoms with Gasteiger partial charge in [-0.2, -0.15) is 0 Å². The number of nitrogens with one attached hydrogen (secondary N) is 3. The number of hydrogen-bond donors (Lipinski definition) is 3. The number of likely N-dealkylation sites (tertiary alicyclic amines) is 1. The van der Waals surface area contributed by atoms with E-state index in [1.165, 1.54) is 18.4 Å². The summed E-state index contributed by atoms with van der Waals surface area (Å²) in [6, 6.07) is 0. The number of alkyl carbamates (subject to hydrolysis) is 1. The van der Waals surface area contributed by atoms with Gasteiger partial charge in [0.25, 0.3) is 0 Å². The number of piperidine rings is 1. The standard InChI is InChI=1S/C23H40N4O4/c1-23(2,3)31-22(30)26-14-13-25-21(29)19-10-7-15-27(16-19)17-20(28)24-12-11-18-8-5-4-6-9-18/h8,19H,4-7,9-17H2,1-3H3,(H,24,28)(H,25,29)(H,26,30). The van der Waals surface area contributed by atoms with E-state index in [0.717, 1.165) is 38.6 Å². The molecule has 1 aliphatic heterocycles. The number of rotatable bonds is 9. The molecule has 8 nitrogen and oxygen atoms in total. The Balaban J connectivity index is 1.60. The van der Waals surface area contributed by atoms with Crippen LogP contribution in [0.2, 0.25) is 0 Å². The minimum atomic E-state index is -0.543. The molecule has 3 N–H and O–H groups in total. The number of allylic oxidation sites excluding steroid dienone is 1. The second-order valence-electron chi connectivity index (χ2n) is 9.50. The van der Waals surface area contributed by atoms with Crippen molar-refractivity contribution in [2.24, 2.45) is 5.92 Å². The quantitative estimate of drug-likeness (QED) is 0.381. The fourth-order valence-electron chi connectivity index (χ4n) is 3.98. The molecule has 3 amide bonds. The molecule has 1 fully saturated rings. The number of carbonyl (C=O) groups excluding carboxylic acids is 3. The molecule has 1 aliphatic carbocycles. The minimum Gasteiger partial charge on any atom is -0.444 e. The lowest BCUT2D eigenvalue weighted by Crippen LogP contribution is -2.47. The van der Waals surface area contributed by atoms with Crippen molar-refractivity contribution in [3.8, 4) is 0 Å². The molecule has 0 aromatic heterocycles. The van der Waals surface area contributed by atoms with E-state index in [4.69, 9.17) is 4.74 Å². The number of nitrogens with zero attached hydrogens (tertiary/aromatic N) is 1. The Bertz CT molecular complexity index is 642. The first-order valence-electron chi connectivity index (χ1n) is 11.6. The summed E-state index contributed by atoms with van der Waals surface area (Å²) in [5, 5.41) is 8.52. The first kappa shape index (κ1) is 25.2. The molecular weight excluding hydrogens is 396 g/mol. The summed E-state index contributed by atoms with van der Waals surface area (Å²) in [7, 11) is 0. The molecule has 0 aromatic rings. The van der Waals surface area contributed by atoms with Gasteiger partial charge in [0.15, 0.2) is 0 Å². The third-order valence-corrected chi connectivity index (χ3v) is 5.49. The maximum atomic E-state index is 12.5. The van der Waals surface area contributed by atoms with Crippen molar-refractivity contribution < 1.29 is 19.1 Å². The van der Waals surface area contributed by atoms with Crippen LogP contribution in [0.5, 0.6) is 0 Å². The highest BCUT2D eigenvalue weighted by atomic mass is 16.6. The maximum absolute atomic E-state index is 12.5. The van der Waals surface area contributed by atoms with Crippen molar-refractivity contribution in [1.82, 2.24) is 20.9 Å². The normalized spacial score (nSPS) is 19.8. The molecule has 31 heavy (non-hydrogen) atoms. The Morgan fingerprint density at radius 1 is 1.06 bits per heavy atom. The van der Waals surface area contributed by atoms with Crippen molar-refractivity contribution in [3.63, 3.8) is 0 Å². The Kier molecular flexibility index (Phi) is 10.3. The lowest BCUT2D eigenvalue weighted by atomic mass is 9.97. The molecular formula is C23H40N4O4. The van der Waals surface area contributed by atoms with Crippen LogP contribution in [0.15, 0.2) is 11.6 Å². The van der Waals surface area contributed by atoms with E-state index in [-0.39, 0.29) is 17.7 Å². The largest absolute Gasteiger partial charge is 0.444 e. The van der Waals surface area contributed by atoms with Crippen molar-refractivity contribution in [1.29, 1.82) is 0 Å². The van der Waals surface area contributed by atoms with E-state index in [1.807, 2.05) is 0 Å².